The van der Waals surface area contributed by atoms with E-state index in [0.717, 1.165) is 5.69 Å². The fourth-order valence-corrected chi connectivity index (χ4v) is 1.74. The lowest BCUT2D eigenvalue weighted by Gasteiger charge is -2.07. The number of rotatable bonds is 4. The van der Waals surface area contributed by atoms with Crippen LogP contribution in [0.3, 0.4) is 0 Å². The van der Waals surface area contributed by atoms with Crippen molar-refractivity contribution >= 4 is 23.2 Å². The summed E-state index contributed by atoms with van der Waals surface area (Å²) in [6.07, 6.45) is 1.76. The van der Waals surface area contributed by atoms with Gasteiger partial charge in [-0.05, 0) is 37.3 Å². The minimum Gasteiger partial charge on any atom is -0.326 e. The van der Waals surface area contributed by atoms with Gasteiger partial charge in [-0.1, -0.05) is 0 Å². The molecule has 0 spiro atoms. The molecule has 0 aliphatic heterocycles. The summed E-state index contributed by atoms with van der Waals surface area (Å²) in [6, 6.07) is 8.77. The minimum atomic E-state index is -0.152. The van der Waals surface area contributed by atoms with Crippen molar-refractivity contribution in [2.24, 2.45) is 0 Å². The lowest BCUT2D eigenvalue weighted by molar-refractivity contribution is -0.117. The highest BCUT2D eigenvalue weighted by atomic mass is 16.2. The third-order valence-electron chi connectivity index (χ3n) is 2.57. The van der Waals surface area contributed by atoms with Crippen molar-refractivity contribution in [1.29, 1.82) is 0 Å². The molecule has 0 atom stereocenters. The summed E-state index contributed by atoms with van der Waals surface area (Å²) in [4.78, 5) is 22.7. The second-order valence-electron chi connectivity index (χ2n) is 4.46. The summed E-state index contributed by atoms with van der Waals surface area (Å²) in [5.41, 5.74) is 2.24. The number of nitrogens with one attached hydrogen (secondary N) is 2. The number of carbonyl (C=O) groups is 2. The normalized spacial score (nSPS) is 10.1. The largest absolute Gasteiger partial charge is 0.326 e. The van der Waals surface area contributed by atoms with E-state index >= 15 is 0 Å². The quantitative estimate of drug-likeness (QED) is 0.891. The Morgan fingerprint density at radius 3 is 2.20 bits per heavy atom. The Hall–Kier alpha value is -2.63. The van der Waals surface area contributed by atoms with E-state index in [1.807, 2.05) is 13.0 Å². The number of hydrogen-bond donors (Lipinski definition) is 2. The first kappa shape index (κ1) is 13.8. The van der Waals surface area contributed by atoms with Crippen LogP contribution in [-0.2, 0) is 16.1 Å². The van der Waals surface area contributed by atoms with Crippen molar-refractivity contribution < 1.29 is 9.59 Å². The summed E-state index contributed by atoms with van der Waals surface area (Å²) >= 11 is 0. The Bertz CT molecular complexity index is 616. The zero-order chi connectivity index (χ0) is 14.5. The van der Waals surface area contributed by atoms with E-state index in [9.17, 15) is 9.59 Å². The van der Waals surface area contributed by atoms with Crippen LogP contribution >= 0.6 is 0 Å². The van der Waals surface area contributed by atoms with Gasteiger partial charge in [0.15, 0.2) is 0 Å². The molecule has 1 heterocycles. The second-order valence-corrected chi connectivity index (χ2v) is 4.46. The maximum absolute atomic E-state index is 11.8. The smallest absolute Gasteiger partial charge is 0.246 e. The third-order valence-corrected chi connectivity index (χ3v) is 2.57. The van der Waals surface area contributed by atoms with E-state index in [1.165, 1.54) is 6.92 Å². The molecule has 0 bridgehead atoms. The molecule has 104 valence electrons. The number of nitrogens with zero attached hydrogens (tertiary/aromatic N) is 2. The predicted molar refractivity (Wildman–Crippen MR) is 76.3 cm³/mol. The van der Waals surface area contributed by atoms with Gasteiger partial charge in [0.05, 0.1) is 5.69 Å². The van der Waals surface area contributed by atoms with Crippen molar-refractivity contribution in [3.63, 3.8) is 0 Å². The fourth-order valence-electron chi connectivity index (χ4n) is 1.74. The van der Waals surface area contributed by atoms with Gasteiger partial charge in [-0.3, -0.25) is 14.3 Å². The second kappa shape index (κ2) is 6.01. The van der Waals surface area contributed by atoms with Crippen LogP contribution in [-0.4, -0.2) is 21.6 Å². The highest BCUT2D eigenvalue weighted by molar-refractivity contribution is 5.92. The Morgan fingerprint density at radius 2 is 1.70 bits per heavy atom. The van der Waals surface area contributed by atoms with Crippen LogP contribution in [0.2, 0.25) is 0 Å². The molecule has 6 nitrogen and oxygen atoms in total. The molecule has 0 unspecified atom stereocenters. The molecule has 0 fully saturated rings. The average Bonchev–Trinajstić information content (AvgIpc) is 2.76. The van der Waals surface area contributed by atoms with Crippen LogP contribution in [0.5, 0.6) is 0 Å². The van der Waals surface area contributed by atoms with Crippen molar-refractivity contribution in [3.8, 4) is 0 Å². The van der Waals surface area contributed by atoms with Crippen molar-refractivity contribution in [2.45, 2.75) is 20.4 Å². The topological polar surface area (TPSA) is 76.0 Å². The first-order chi connectivity index (χ1) is 9.52. The molecule has 1 aromatic carbocycles. The highest BCUT2D eigenvalue weighted by Crippen LogP contribution is 2.13. The van der Waals surface area contributed by atoms with Crippen molar-refractivity contribution in [1.82, 2.24) is 9.78 Å². The van der Waals surface area contributed by atoms with Crippen molar-refractivity contribution in [2.75, 3.05) is 10.6 Å². The van der Waals surface area contributed by atoms with E-state index in [0.29, 0.717) is 11.4 Å². The minimum absolute atomic E-state index is 0.129. The molecule has 20 heavy (non-hydrogen) atoms. The Balaban J connectivity index is 1.92. The molecule has 2 aromatic rings. The van der Waals surface area contributed by atoms with Crippen LogP contribution in [0.1, 0.15) is 12.6 Å². The van der Waals surface area contributed by atoms with Gasteiger partial charge < -0.3 is 10.6 Å². The molecule has 6 heteroatoms. The fraction of sp³-hybridized carbons (Fsp3) is 0.214. The van der Waals surface area contributed by atoms with Gasteiger partial charge in [0.2, 0.25) is 11.8 Å². The zero-order valence-corrected chi connectivity index (χ0v) is 11.4. The third kappa shape index (κ3) is 3.94. The zero-order valence-electron chi connectivity index (χ0n) is 11.4. The molecular weight excluding hydrogens is 256 g/mol. The Kier molecular flexibility index (Phi) is 4.14. The first-order valence-electron chi connectivity index (χ1n) is 6.20. The molecule has 0 saturated heterocycles. The van der Waals surface area contributed by atoms with Gasteiger partial charge in [-0.15, -0.1) is 0 Å². The van der Waals surface area contributed by atoms with Gasteiger partial charge in [-0.25, -0.2) is 0 Å². The number of anilines is 2. The van der Waals surface area contributed by atoms with Gasteiger partial charge in [-0.2, -0.15) is 5.10 Å². The van der Waals surface area contributed by atoms with Gasteiger partial charge in [0.1, 0.15) is 6.54 Å². The molecular formula is C14H16N4O2. The Labute approximate surface area is 116 Å². The van der Waals surface area contributed by atoms with Gasteiger partial charge >= 0.3 is 0 Å². The van der Waals surface area contributed by atoms with Crippen LogP contribution in [0.4, 0.5) is 11.4 Å². The summed E-state index contributed by atoms with van der Waals surface area (Å²) < 4.78 is 1.58. The Morgan fingerprint density at radius 1 is 1.10 bits per heavy atom. The summed E-state index contributed by atoms with van der Waals surface area (Å²) in [6.45, 7) is 3.48. The van der Waals surface area contributed by atoms with E-state index in [-0.39, 0.29) is 18.4 Å². The number of benzene rings is 1. The highest BCUT2D eigenvalue weighted by Gasteiger charge is 2.04. The van der Waals surface area contributed by atoms with E-state index in [1.54, 1.807) is 35.1 Å². The van der Waals surface area contributed by atoms with Crippen LogP contribution in [0.25, 0.3) is 0 Å². The predicted octanol–water partition coefficient (Wildman–Crippen LogP) is 1.79. The maximum Gasteiger partial charge on any atom is 0.246 e. The van der Waals surface area contributed by atoms with Crippen LogP contribution in [0.15, 0.2) is 36.5 Å². The number of hydrogen-bond acceptors (Lipinski definition) is 3. The van der Waals surface area contributed by atoms with Crippen molar-refractivity contribution in [3.05, 3.63) is 42.2 Å². The van der Waals surface area contributed by atoms with Gasteiger partial charge in [0, 0.05) is 24.5 Å². The molecule has 0 saturated carbocycles. The van der Waals surface area contributed by atoms with E-state index < -0.39 is 0 Å². The molecule has 0 aliphatic rings. The number of aromatic nitrogens is 2. The van der Waals surface area contributed by atoms with Crippen LogP contribution < -0.4 is 10.6 Å². The molecule has 2 N–H and O–H groups in total. The maximum atomic E-state index is 11.8. The molecule has 1 aromatic heterocycles. The monoisotopic (exact) mass is 272 g/mol. The summed E-state index contributed by atoms with van der Waals surface area (Å²) in [5.74, 6) is -0.281. The van der Waals surface area contributed by atoms with E-state index in [2.05, 4.69) is 15.7 Å². The molecule has 2 amide bonds. The average molecular weight is 272 g/mol. The molecule has 0 radical (unpaired) electrons. The standard InChI is InChI=1S/C14H16N4O2/c1-10-7-8-18(17-10)9-14(20)16-13-5-3-12(4-6-13)15-11(2)19/h3-8H,9H2,1-2H3,(H,15,19)(H,16,20). The SMILES string of the molecule is CC(=O)Nc1ccc(NC(=O)Cn2ccc(C)n2)cc1. The number of carbonyl (C=O) groups excluding carboxylic acids is 2. The van der Waals surface area contributed by atoms with Gasteiger partial charge in [0.25, 0.3) is 0 Å². The molecule has 2 rings (SSSR count). The molecule has 0 aliphatic carbocycles. The summed E-state index contributed by atoms with van der Waals surface area (Å²) in [5, 5.41) is 9.58. The number of amides is 2. The summed E-state index contributed by atoms with van der Waals surface area (Å²) in [7, 11) is 0. The number of aryl methyl sites for hydroxylation is 1. The lowest BCUT2D eigenvalue weighted by Crippen LogP contribution is -2.19. The first-order valence-corrected chi connectivity index (χ1v) is 6.20. The lowest BCUT2D eigenvalue weighted by atomic mass is 10.2. The van der Waals surface area contributed by atoms with E-state index in [4.69, 9.17) is 0 Å². The van der Waals surface area contributed by atoms with Crippen LogP contribution in [0, 0.1) is 6.92 Å².